The maximum absolute atomic E-state index is 12.2. The van der Waals surface area contributed by atoms with Gasteiger partial charge in [0.05, 0.1) is 6.04 Å². The van der Waals surface area contributed by atoms with Crippen LogP contribution in [0.15, 0.2) is 30.3 Å². The fraction of sp³-hybridized carbons (Fsp3) is 0.400. The minimum atomic E-state index is -0.596. The molecule has 110 valence electrons. The summed E-state index contributed by atoms with van der Waals surface area (Å²) in [5.74, 6) is -0.504. The highest BCUT2D eigenvalue weighted by atomic mass is 16.2. The minimum absolute atomic E-state index is 0.0870. The van der Waals surface area contributed by atoms with Crippen molar-refractivity contribution in [2.24, 2.45) is 0 Å². The lowest BCUT2D eigenvalue weighted by Crippen LogP contribution is -2.64. The summed E-state index contributed by atoms with van der Waals surface area (Å²) in [6.45, 7) is 2.17. The third-order valence-electron chi connectivity index (χ3n) is 4.03. The molecule has 2 fully saturated rings. The van der Waals surface area contributed by atoms with Gasteiger partial charge in [0.15, 0.2) is 0 Å². The Bertz CT molecular complexity index is 587. The SMILES string of the molecule is CC1NC(=O)C2C(NC(=O)c3ccccc3)CCN2C1=O. The summed E-state index contributed by atoms with van der Waals surface area (Å²) in [5.41, 5.74) is 0.548. The van der Waals surface area contributed by atoms with Crippen LogP contribution in [0.3, 0.4) is 0 Å². The predicted octanol–water partition coefficient (Wildman–Crippen LogP) is -0.0958. The maximum atomic E-state index is 12.2. The van der Waals surface area contributed by atoms with Gasteiger partial charge in [-0.05, 0) is 25.5 Å². The van der Waals surface area contributed by atoms with E-state index in [9.17, 15) is 14.4 Å². The molecule has 2 aliphatic heterocycles. The van der Waals surface area contributed by atoms with E-state index in [0.29, 0.717) is 18.5 Å². The molecule has 3 atom stereocenters. The Hall–Kier alpha value is -2.37. The smallest absolute Gasteiger partial charge is 0.251 e. The van der Waals surface area contributed by atoms with Crippen LogP contribution in [0, 0.1) is 0 Å². The van der Waals surface area contributed by atoms with E-state index in [0.717, 1.165) is 0 Å². The third kappa shape index (κ3) is 2.37. The normalized spacial score (nSPS) is 28.0. The molecular weight excluding hydrogens is 270 g/mol. The molecular formula is C15H17N3O3. The summed E-state index contributed by atoms with van der Waals surface area (Å²) in [4.78, 5) is 37.9. The molecule has 6 heteroatoms. The van der Waals surface area contributed by atoms with E-state index in [4.69, 9.17) is 0 Å². The zero-order valence-electron chi connectivity index (χ0n) is 11.7. The van der Waals surface area contributed by atoms with E-state index in [1.807, 2.05) is 6.07 Å². The summed E-state index contributed by atoms with van der Waals surface area (Å²) >= 11 is 0. The van der Waals surface area contributed by atoms with Gasteiger partial charge in [-0.25, -0.2) is 0 Å². The number of benzene rings is 1. The van der Waals surface area contributed by atoms with Crippen molar-refractivity contribution in [3.63, 3.8) is 0 Å². The van der Waals surface area contributed by atoms with Crippen molar-refractivity contribution in [1.29, 1.82) is 0 Å². The van der Waals surface area contributed by atoms with Crippen LogP contribution >= 0.6 is 0 Å². The molecule has 2 aliphatic rings. The van der Waals surface area contributed by atoms with Gasteiger partial charge in [-0.3, -0.25) is 14.4 Å². The molecule has 6 nitrogen and oxygen atoms in total. The van der Waals surface area contributed by atoms with Crippen LogP contribution in [-0.4, -0.2) is 47.3 Å². The molecule has 0 bridgehead atoms. The molecule has 2 saturated heterocycles. The van der Waals surface area contributed by atoms with Crippen LogP contribution < -0.4 is 10.6 Å². The van der Waals surface area contributed by atoms with Gasteiger partial charge in [-0.1, -0.05) is 18.2 Å². The van der Waals surface area contributed by atoms with Crippen LogP contribution in [-0.2, 0) is 9.59 Å². The lowest BCUT2D eigenvalue weighted by atomic mass is 10.0. The second-order valence-electron chi connectivity index (χ2n) is 5.44. The van der Waals surface area contributed by atoms with Crippen LogP contribution in [0.1, 0.15) is 23.7 Å². The predicted molar refractivity (Wildman–Crippen MR) is 75.4 cm³/mol. The standard InChI is InChI=1S/C15H17N3O3/c1-9-15(21)18-8-7-11(12(18)14(20)16-9)17-13(19)10-5-3-2-4-6-10/h2-6,9,11-12H,7-8H2,1H3,(H,16,20)(H,17,19). The fourth-order valence-electron chi connectivity index (χ4n) is 2.97. The van der Waals surface area contributed by atoms with Gasteiger partial charge in [0.1, 0.15) is 12.1 Å². The molecule has 0 saturated carbocycles. The van der Waals surface area contributed by atoms with Gasteiger partial charge in [-0.15, -0.1) is 0 Å². The van der Waals surface area contributed by atoms with Crippen molar-refractivity contribution < 1.29 is 14.4 Å². The van der Waals surface area contributed by atoms with Gasteiger partial charge >= 0.3 is 0 Å². The Morgan fingerprint density at radius 2 is 2.00 bits per heavy atom. The van der Waals surface area contributed by atoms with E-state index < -0.39 is 12.1 Å². The molecule has 2 N–H and O–H groups in total. The fourth-order valence-corrected chi connectivity index (χ4v) is 2.97. The van der Waals surface area contributed by atoms with Crippen molar-refractivity contribution in [1.82, 2.24) is 15.5 Å². The summed E-state index contributed by atoms with van der Waals surface area (Å²) in [5, 5.41) is 5.53. The number of carbonyl (C=O) groups excluding carboxylic acids is 3. The number of fused-ring (bicyclic) bond motifs is 1. The Labute approximate surface area is 122 Å². The molecule has 0 radical (unpaired) electrons. The van der Waals surface area contributed by atoms with Crippen molar-refractivity contribution in [2.45, 2.75) is 31.5 Å². The number of hydrogen-bond donors (Lipinski definition) is 2. The van der Waals surface area contributed by atoms with Crippen LogP contribution in [0.25, 0.3) is 0 Å². The molecule has 0 spiro atoms. The average molecular weight is 287 g/mol. The van der Waals surface area contributed by atoms with E-state index >= 15 is 0 Å². The quantitative estimate of drug-likeness (QED) is 0.797. The zero-order valence-corrected chi connectivity index (χ0v) is 11.7. The van der Waals surface area contributed by atoms with Gasteiger partial charge in [0.25, 0.3) is 5.91 Å². The Morgan fingerprint density at radius 3 is 2.71 bits per heavy atom. The van der Waals surface area contributed by atoms with E-state index in [1.54, 1.807) is 36.1 Å². The number of amides is 3. The maximum Gasteiger partial charge on any atom is 0.251 e. The number of nitrogens with one attached hydrogen (secondary N) is 2. The highest BCUT2D eigenvalue weighted by molar-refractivity contribution is 5.99. The third-order valence-corrected chi connectivity index (χ3v) is 4.03. The van der Waals surface area contributed by atoms with Crippen molar-refractivity contribution in [2.75, 3.05) is 6.54 Å². The lowest BCUT2D eigenvalue weighted by molar-refractivity contribution is -0.146. The Kier molecular flexibility index (Phi) is 3.37. The van der Waals surface area contributed by atoms with Crippen molar-refractivity contribution in [3.05, 3.63) is 35.9 Å². The molecule has 3 unspecified atom stereocenters. The second-order valence-corrected chi connectivity index (χ2v) is 5.44. The zero-order chi connectivity index (χ0) is 15.0. The summed E-state index contributed by atoms with van der Waals surface area (Å²) in [6.07, 6.45) is 0.592. The second kappa shape index (κ2) is 5.20. The summed E-state index contributed by atoms with van der Waals surface area (Å²) < 4.78 is 0. The van der Waals surface area contributed by atoms with E-state index in [1.165, 1.54) is 0 Å². The number of hydrogen-bond acceptors (Lipinski definition) is 3. The van der Waals surface area contributed by atoms with Crippen molar-refractivity contribution >= 4 is 17.7 Å². The monoisotopic (exact) mass is 287 g/mol. The highest BCUT2D eigenvalue weighted by Gasteiger charge is 2.47. The largest absolute Gasteiger partial charge is 0.347 e. The van der Waals surface area contributed by atoms with Crippen LogP contribution in [0.2, 0.25) is 0 Å². The molecule has 0 aromatic heterocycles. The van der Waals surface area contributed by atoms with E-state index in [2.05, 4.69) is 10.6 Å². The number of nitrogens with zero attached hydrogens (tertiary/aromatic N) is 1. The first-order valence-electron chi connectivity index (χ1n) is 7.04. The van der Waals surface area contributed by atoms with Crippen molar-refractivity contribution in [3.8, 4) is 0 Å². The minimum Gasteiger partial charge on any atom is -0.347 e. The van der Waals surface area contributed by atoms with Gasteiger partial charge in [0.2, 0.25) is 11.8 Å². The number of rotatable bonds is 2. The molecule has 21 heavy (non-hydrogen) atoms. The molecule has 3 amide bonds. The summed E-state index contributed by atoms with van der Waals surface area (Å²) in [7, 11) is 0. The van der Waals surface area contributed by atoms with Crippen LogP contribution in [0.5, 0.6) is 0 Å². The Morgan fingerprint density at radius 1 is 1.29 bits per heavy atom. The number of carbonyl (C=O) groups is 3. The van der Waals surface area contributed by atoms with Gasteiger partial charge in [-0.2, -0.15) is 0 Å². The molecule has 1 aromatic carbocycles. The van der Waals surface area contributed by atoms with Gasteiger partial charge < -0.3 is 15.5 Å². The first-order valence-corrected chi connectivity index (χ1v) is 7.04. The molecule has 0 aliphatic carbocycles. The topological polar surface area (TPSA) is 78.5 Å². The van der Waals surface area contributed by atoms with Gasteiger partial charge in [0, 0.05) is 12.1 Å². The average Bonchev–Trinajstić information content (AvgIpc) is 2.90. The molecule has 1 aromatic rings. The molecule has 3 rings (SSSR count). The highest BCUT2D eigenvalue weighted by Crippen LogP contribution is 2.23. The first-order chi connectivity index (χ1) is 10.1. The lowest BCUT2D eigenvalue weighted by Gasteiger charge is -2.35. The summed E-state index contributed by atoms with van der Waals surface area (Å²) in [6, 6.07) is 7.42. The Balaban J connectivity index is 1.74. The molecule has 2 heterocycles. The number of piperazine rings is 1. The van der Waals surface area contributed by atoms with Crippen LogP contribution in [0.4, 0.5) is 0 Å². The van der Waals surface area contributed by atoms with E-state index in [-0.39, 0.29) is 23.8 Å². The first kappa shape index (κ1) is 13.6.